The summed E-state index contributed by atoms with van der Waals surface area (Å²) in [6, 6.07) is 28.2. The zero-order chi connectivity index (χ0) is 24.2. The van der Waals surface area contributed by atoms with Crippen molar-refractivity contribution in [1.29, 1.82) is 0 Å². The minimum Gasteiger partial charge on any atom is -0.491 e. The number of benzene rings is 3. The van der Waals surface area contributed by atoms with Gasteiger partial charge in [-0.15, -0.1) is 11.3 Å². The smallest absolute Gasteiger partial charge is 0.192 e. The normalized spacial score (nSPS) is 12.1. The summed E-state index contributed by atoms with van der Waals surface area (Å²) in [6.45, 7) is 13.0. The molecule has 4 aromatic rings. The average molecular weight is 490 g/mol. The molecule has 0 atom stereocenters. The second-order valence-electron chi connectivity index (χ2n) is 9.97. The van der Waals surface area contributed by atoms with Crippen LogP contribution in [-0.2, 0) is 11.0 Å². The Kier molecular flexibility index (Phi) is 7.46. The summed E-state index contributed by atoms with van der Waals surface area (Å²) in [5.41, 5.74) is 2.30. The first-order valence-electron chi connectivity index (χ1n) is 11.7. The highest BCUT2D eigenvalue weighted by atomic mass is 32.1. The molecule has 0 aliphatic heterocycles. The zero-order valence-electron chi connectivity index (χ0n) is 20.7. The summed E-state index contributed by atoms with van der Waals surface area (Å²) in [6.07, 6.45) is 0. The standard InChI is InChI=1S/C29H33O3SSi/c1-29(2,3)34(4,5)32-18-17-30-25-14-11-23(12-15-25)27-19-24-13-16-26(20-28(24)33-27)31-21-22-9-7-6-8-10-22/h6-16,20H,17-18,21H2,1-5H3. The second-order valence-corrected chi connectivity index (χ2v) is 15.8. The van der Waals surface area contributed by atoms with Crippen LogP contribution in [0.2, 0.25) is 18.1 Å². The topological polar surface area (TPSA) is 27.7 Å². The lowest BCUT2D eigenvalue weighted by Crippen LogP contribution is -2.41. The van der Waals surface area contributed by atoms with Crippen LogP contribution >= 0.6 is 11.3 Å². The Morgan fingerprint density at radius 1 is 0.824 bits per heavy atom. The van der Waals surface area contributed by atoms with Crippen LogP contribution in [0.3, 0.4) is 0 Å². The van der Waals surface area contributed by atoms with E-state index in [1.54, 1.807) is 11.3 Å². The number of hydrogen-bond acceptors (Lipinski definition) is 4. The molecule has 0 N–H and O–H groups in total. The summed E-state index contributed by atoms with van der Waals surface area (Å²) in [5.74, 6) is 1.74. The predicted octanol–water partition coefficient (Wildman–Crippen LogP) is 8.35. The van der Waals surface area contributed by atoms with E-state index in [1.165, 1.54) is 4.70 Å². The number of rotatable bonds is 9. The van der Waals surface area contributed by atoms with Gasteiger partial charge in [0.15, 0.2) is 8.32 Å². The minimum atomic E-state index is -1.73. The van der Waals surface area contributed by atoms with Crippen LogP contribution in [-0.4, -0.2) is 21.5 Å². The minimum absolute atomic E-state index is 0.212. The summed E-state index contributed by atoms with van der Waals surface area (Å²) >= 11 is 1.73. The van der Waals surface area contributed by atoms with Crippen LogP contribution in [0.5, 0.6) is 11.5 Å². The molecule has 1 heterocycles. The average Bonchev–Trinajstić information content (AvgIpc) is 3.24. The summed E-state index contributed by atoms with van der Waals surface area (Å²) in [7, 11) is -1.73. The number of fused-ring (bicyclic) bond motifs is 1. The molecule has 1 aromatic heterocycles. The van der Waals surface area contributed by atoms with E-state index in [0.29, 0.717) is 19.8 Å². The van der Waals surface area contributed by atoms with Crippen molar-refractivity contribution in [2.24, 2.45) is 0 Å². The molecule has 5 heteroatoms. The summed E-state index contributed by atoms with van der Waals surface area (Å²) < 4.78 is 19.3. The van der Waals surface area contributed by atoms with Gasteiger partial charge in [-0.2, -0.15) is 0 Å². The molecule has 0 amide bonds. The van der Waals surface area contributed by atoms with E-state index >= 15 is 0 Å². The van der Waals surface area contributed by atoms with Crippen LogP contribution in [0.4, 0.5) is 0 Å². The third-order valence-electron chi connectivity index (χ3n) is 6.40. The van der Waals surface area contributed by atoms with Gasteiger partial charge in [0.2, 0.25) is 0 Å². The maximum atomic E-state index is 6.19. The lowest BCUT2D eigenvalue weighted by Gasteiger charge is -2.36. The Balaban J connectivity index is 1.34. The molecule has 0 saturated carbocycles. The van der Waals surface area contributed by atoms with Crippen molar-refractivity contribution in [3.8, 4) is 21.9 Å². The van der Waals surface area contributed by atoms with Crippen molar-refractivity contribution in [3.63, 3.8) is 0 Å². The van der Waals surface area contributed by atoms with Gasteiger partial charge in [0.05, 0.1) is 6.61 Å². The van der Waals surface area contributed by atoms with Crippen LogP contribution in [0.1, 0.15) is 26.3 Å². The predicted molar refractivity (Wildman–Crippen MR) is 146 cm³/mol. The second kappa shape index (κ2) is 10.3. The molecular formula is C29H33O3SSi. The zero-order valence-corrected chi connectivity index (χ0v) is 22.5. The molecular weight excluding hydrogens is 456 g/mol. The van der Waals surface area contributed by atoms with E-state index in [1.807, 2.05) is 36.4 Å². The van der Waals surface area contributed by atoms with Crippen molar-refractivity contribution < 1.29 is 13.9 Å². The molecule has 0 spiro atoms. The van der Waals surface area contributed by atoms with Gasteiger partial charge in [0, 0.05) is 21.0 Å². The van der Waals surface area contributed by atoms with Crippen molar-refractivity contribution in [2.45, 2.75) is 45.5 Å². The first-order valence-corrected chi connectivity index (χ1v) is 15.4. The maximum Gasteiger partial charge on any atom is 0.192 e. The lowest BCUT2D eigenvalue weighted by atomic mass is 10.1. The van der Waals surface area contributed by atoms with Crippen molar-refractivity contribution in [3.05, 3.63) is 84.4 Å². The monoisotopic (exact) mass is 489 g/mol. The molecule has 0 bridgehead atoms. The first kappa shape index (κ1) is 24.5. The summed E-state index contributed by atoms with van der Waals surface area (Å²) in [4.78, 5) is 1.11. The molecule has 1 radical (unpaired) electrons. The fraction of sp³-hybridized carbons (Fsp3) is 0.310. The fourth-order valence-corrected chi connectivity index (χ4v) is 5.35. The lowest BCUT2D eigenvalue weighted by molar-refractivity contribution is 0.203. The van der Waals surface area contributed by atoms with E-state index in [4.69, 9.17) is 13.9 Å². The van der Waals surface area contributed by atoms with Crippen LogP contribution < -0.4 is 9.47 Å². The number of ether oxygens (including phenoxy) is 2. The Morgan fingerprint density at radius 2 is 1.53 bits per heavy atom. The van der Waals surface area contributed by atoms with Gasteiger partial charge in [0.1, 0.15) is 24.7 Å². The van der Waals surface area contributed by atoms with Crippen molar-refractivity contribution >= 4 is 29.7 Å². The van der Waals surface area contributed by atoms with E-state index < -0.39 is 8.32 Å². The molecule has 177 valence electrons. The number of thiophene rings is 1. The van der Waals surface area contributed by atoms with Crippen molar-refractivity contribution in [1.82, 2.24) is 0 Å². The van der Waals surface area contributed by atoms with Crippen molar-refractivity contribution in [2.75, 3.05) is 13.2 Å². The highest BCUT2D eigenvalue weighted by molar-refractivity contribution is 7.22. The molecule has 0 unspecified atom stereocenters. The molecule has 34 heavy (non-hydrogen) atoms. The quantitative estimate of drug-likeness (QED) is 0.175. The summed E-state index contributed by atoms with van der Waals surface area (Å²) in [5, 5.41) is 1.32. The third-order valence-corrected chi connectivity index (χ3v) is 12.0. The highest BCUT2D eigenvalue weighted by Crippen LogP contribution is 2.37. The van der Waals surface area contributed by atoms with Gasteiger partial charge in [-0.05, 0) is 71.7 Å². The van der Waals surface area contributed by atoms with Gasteiger partial charge in [0.25, 0.3) is 0 Å². The van der Waals surface area contributed by atoms with Gasteiger partial charge >= 0.3 is 0 Å². The Bertz CT molecular complexity index is 1210. The molecule has 0 aliphatic carbocycles. The highest BCUT2D eigenvalue weighted by Gasteiger charge is 2.36. The molecule has 4 rings (SSSR count). The number of hydrogen-bond donors (Lipinski definition) is 0. The van der Waals surface area contributed by atoms with E-state index in [2.05, 4.69) is 76.3 Å². The van der Waals surface area contributed by atoms with Gasteiger partial charge in [-0.3, -0.25) is 0 Å². The Labute approximate surface area is 208 Å². The maximum absolute atomic E-state index is 6.19. The van der Waals surface area contributed by atoms with Crippen LogP contribution in [0, 0.1) is 6.07 Å². The molecule has 3 nitrogen and oxygen atoms in total. The molecule has 3 aromatic carbocycles. The van der Waals surface area contributed by atoms with Crippen LogP contribution in [0.25, 0.3) is 20.5 Å². The van der Waals surface area contributed by atoms with Crippen LogP contribution in [0.15, 0.2) is 72.8 Å². The molecule has 0 saturated heterocycles. The van der Waals surface area contributed by atoms with Gasteiger partial charge in [-0.25, -0.2) is 0 Å². The van der Waals surface area contributed by atoms with E-state index in [0.717, 1.165) is 32.9 Å². The van der Waals surface area contributed by atoms with E-state index in [-0.39, 0.29) is 5.04 Å². The SMILES string of the molecule is CC(C)(C)[Si](C)(C)OCCOc1ccc(-c2[c]c3ccc(OCc4ccccc4)cc3s2)cc1. The van der Waals surface area contributed by atoms with Gasteiger partial charge in [-0.1, -0.05) is 51.1 Å². The Morgan fingerprint density at radius 3 is 2.24 bits per heavy atom. The fourth-order valence-electron chi connectivity index (χ4n) is 3.29. The van der Waals surface area contributed by atoms with E-state index in [9.17, 15) is 0 Å². The van der Waals surface area contributed by atoms with Gasteiger partial charge < -0.3 is 13.9 Å². The molecule has 0 aliphatic rings. The Hall–Kier alpha value is -2.60. The third kappa shape index (κ3) is 6.09. The largest absolute Gasteiger partial charge is 0.491 e. The molecule has 0 fully saturated rings. The first-order chi connectivity index (χ1) is 16.2.